The molecule has 0 aliphatic carbocycles. The molecule has 0 bridgehead atoms. The Kier molecular flexibility index (Phi) is 2.23. The summed E-state index contributed by atoms with van der Waals surface area (Å²) < 4.78 is 6.91. The maximum Gasteiger partial charge on any atom is 0.223 e. The van der Waals surface area contributed by atoms with Gasteiger partial charge in [0.25, 0.3) is 0 Å². The van der Waals surface area contributed by atoms with E-state index >= 15 is 0 Å². The second kappa shape index (κ2) is 3.66. The summed E-state index contributed by atoms with van der Waals surface area (Å²) in [5.74, 6) is 1.27. The van der Waals surface area contributed by atoms with Crippen molar-refractivity contribution in [2.45, 2.75) is 26.2 Å². The predicted molar refractivity (Wildman–Crippen MR) is 66.4 cm³/mol. The van der Waals surface area contributed by atoms with Crippen LogP contribution in [0.25, 0.3) is 5.52 Å². The molecule has 5 heteroatoms. The number of fused-ring (bicyclic) bond motifs is 1. The summed E-state index contributed by atoms with van der Waals surface area (Å²) >= 11 is 0. The highest BCUT2D eigenvalue weighted by Crippen LogP contribution is 2.29. The lowest BCUT2D eigenvalue weighted by Crippen LogP contribution is -2.21. The second-order valence-corrected chi connectivity index (χ2v) is 4.88. The van der Waals surface area contributed by atoms with E-state index < -0.39 is 0 Å². The minimum atomic E-state index is -0.308. The fraction of sp³-hybridized carbons (Fsp3) is 0.308. The Morgan fingerprint density at radius 3 is 2.78 bits per heavy atom. The van der Waals surface area contributed by atoms with Crippen molar-refractivity contribution in [3.8, 4) is 0 Å². The van der Waals surface area contributed by atoms with Crippen LogP contribution in [0.4, 0.5) is 0 Å². The minimum Gasteiger partial charge on any atom is -0.340 e. The van der Waals surface area contributed by atoms with Gasteiger partial charge in [0.2, 0.25) is 5.89 Å². The van der Waals surface area contributed by atoms with Crippen LogP contribution in [0.2, 0.25) is 0 Å². The van der Waals surface area contributed by atoms with Crippen LogP contribution in [0.1, 0.15) is 31.1 Å². The van der Waals surface area contributed by atoms with E-state index in [0.29, 0.717) is 11.7 Å². The van der Waals surface area contributed by atoms with Gasteiger partial charge >= 0.3 is 0 Å². The topological polar surface area (TPSA) is 56.2 Å². The van der Waals surface area contributed by atoms with E-state index in [2.05, 4.69) is 35.2 Å². The van der Waals surface area contributed by atoms with Crippen LogP contribution in [-0.2, 0) is 5.41 Å². The van der Waals surface area contributed by atoms with Crippen LogP contribution >= 0.6 is 0 Å². The highest BCUT2D eigenvalue weighted by molar-refractivity contribution is 5.47. The molecule has 0 saturated heterocycles. The Morgan fingerprint density at radius 2 is 2.06 bits per heavy atom. The molecular weight excluding hydrogens is 228 g/mol. The van der Waals surface area contributed by atoms with E-state index in [9.17, 15) is 0 Å². The molecule has 0 fully saturated rings. The van der Waals surface area contributed by atoms with E-state index in [0.717, 1.165) is 11.1 Å². The SMILES string of the molecule is Cc1nc(C(C)(C)c2ccc3ccnn3c2)no1. The van der Waals surface area contributed by atoms with Gasteiger partial charge in [0.05, 0.1) is 10.9 Å². The number of rotatable bonds is 2. The molecule has 0 aliphatic heterocycles. The fourth-order valence-corrected chi connectivity index (χ4v) is 1.97. The molecule has 3 aromatic heterocycles. The van der Waals surface area contributed by atoms with Crippen LogP contribution in [-0.4, -0.2) is 19.8 Å². The summed E-state index contributed by atoms with van der Waals surface area (Å²) in [5, 5.41) is 8.26. The predicted octanol–water partition coefficient (Wildman–Crippen LogP) is 2.35. The van der Waals surface area contributed by atoms with Gasteiger partial charge in [-0.05, 0) is 31.5 Å². The Balaban J connectivity index is 2.11. The molecule has 0 spiro atoms. The summed E-state index contributed by atoms with van der Waals surface area (Å²) in [4.78, 5) is 4.32. The maximum atomic E-state index is 5.06. The quantitative estimate of drug-likeness (QED) is 0.692. The van der Waals surface area contributed by atoms with Crippen molar-refractivity contribution in [1.82, 2.24) is 19.8 Å². The monoisotopic (exact) mass is 242 g/mol. The number of aromatic nitrogens is 4. The molecule has 3 rings (SSSR count). The van der Waals surface area contributed by atoms with Gasteiger partial charge in [-0.1, -0.05) is 11.2 Å². The largest absolute Gasteiger partial charge is 0.340 e. The van der Waals surface area contributed by atoms with Crippen molar-refractivity contribution >= 4 is 5.52 Å². The molecule has 0 radical (unpaired) electrons. The summed E-state index contributed by atoms with van der Waals surface area (Å²) in [7, 11) is 0. The number of nitrogens with zero attached hydrogens (tertiary/aromatic N) is 4. The third-order valence-corrected chi connectivity index (χ3v) is 3.20. The first-order valence-electron chi connectivity index (χ1n) is 5.82. The highest BCUT2D eigenvalue weighted by Gasteiger charge is 2.29. The van der Waals surface area contributed by atoms with Crippen LogP contribution in [0, 0.1) is 6.92 Å². The number of hydrogen-bond donors (Lipinski definition) is 0. The molecule has 3 aromatic rings. The van der Waals surface area contributed by atoms with Crippen molar-refractivity contribution in [3.05, 3.63) is 47.9 Å². The molecule has 3 heterocycles. The smallest absolute Gasteiger partial charge is 0.223 e. The van der Waals surface area contributed by atoms with Gasteiger partial charge in [-0.2, -0.15) is 10.1 Å². The molecule has 0 aliphatic rings. The Labute approximate surface area is 104 Å². The summed E-state index contributed by atoms with van der Waals surface area (Å²) in [6, 6.07) is 6.08. The lowest BCUT2D eigenvalue weighted by atomic mass is 9.85. The Hall–Kier alpha value is -2.17. The molecule has 92 valence electrons. The van der Waals surface area contributed by atoms with Crippen LogP contribution < -0.4 is 0 Å². The van der Waals surface area contributed by atoms with Gasteiger partial charge in [-0.3, -0.25) is 0 Å². The van der Waals surface area contributed by atoms with Gasteiger partial charge in [-0.15, -0.1) is 0 Å². The van der Waals surface area contributed by atoms with Gasteiger partial charge in [0, 0.05) is 19.3 Å². The molecule has 0 saturated carbocycles. The third kappa shape index (κ3) is 1.59. The van der Waals surface area contributed by atoms with Crippen LogP contribution in [0.3, 0.4) is 0 Å². The second-order valence-electron chi connectivity index (χ2n) is 4.88. The van der Waals surface area contributed by atoms with Gasteiger partial charge < -0.3 is 4.52 Å². The van der Waals surface area contributed by atoms with Gasteiger partial charge in [-0.25, -0.2) is 4.52 Å². The normalized spacial score (nSPS) is 12.2. The van der Waals surface area contributed by atoms with E-state index in [1.165, 1.54) is 0 Å². The van der Waals surface area contributed by atoms with Crippen molar-refractivity contribution in [2.24, 2.45) is 0 Å². The van der Waals surface area contributed by atoms with E-state index in [4.69, 9.17) is 4.52 Å². The van der Waals surface area contributed by atoms with E-state index in [1.54, 1.807) is 13.1 Å². The molecule has 0 N–H and O–H groups in total. The zero-order valence-corrected chi connectivity index (χ0v) is 10.6. The zero-order chi connectivity index (χ0) is 12.8. The summed E-state index contributed by atoms with van der Waals surface area (Å²) in [5.41, 5.74) is 1.86. The first-order chi connectivity index (χ1) is 8.57. The number of hydrogen-bond acceptors (Lipinski definition) is 4. The van der Waals surface area contributed by atoms with Crippen molar-refractivity contribution in [1.29, 1.82) is 0 Å². The van der Waals surface area contributed by atoms with Crippen molar-refractivity contribution in [2.75, 3.05) is 0 Å². The number of pyridine rings is 1. The van der Waals surface area contributed by atoms with E-state index in [-0.39, 0.29) is 5.41 Å². The van der Waals surface area contributed by atoms with Crippen LogP contribution in [0.5, 0.6) is 0 Å². The molecule has 0 unspecified atom stereocenters. The standard InChI is InChI=1S/C13H14N4O/c1-9-15-12(16-18-9)13(2,3)10-4-5-11-6-7-14-17(11)8-10/h4-8H,1-3H3. The van der Waals surface area contributed by atoms with Gasteiger partial charge in [0.1, 0.15) is 0 Å². The minimum absolute atomic E-state index is 0.308. The third-order valence-electron chi connectivity index (χ3n) is 3.20. The summed E-state index contributed by atoms with van der Waals surface area (Å²) in [6.07, 6.45) is 3.78. The summed E-state index contributed by atoms with van der Waals surface area (Å²) in [6.45, 7) is 5.94. The maximum absolute atomic E-state index is 5.06. The van der Waals surface area contributed by atoms with Crippen molar-refractivity contribution in [3.63, 3.8) is 0 Å². The van der Waals surface area contributed by atoms with Gasteiger partial charge in [0.15, 0.2) is 5.82 Å². The Morgan fingerprint density at radius 1 is 1.22 bits per heavy atom. The highest BCUT2D eigenvalue weighted by atomic mass is 16.5. The molecule has 0 aromatic carbocycles. The molecule has 0 atom stereocenters. The zero-order valence-electron chi connectivity index (χ0n) is 10.6. The first-order valence-corrected chi connectivity index (χ1v) is 5.82. The number of aryl methyl sites for hydroxylation is 1. The average Bonchev–Trinajstić information content (AvgIpc) is 2.96. The Bertz CT molecular complexity index is 696. The lowest BCUT2D eigenvalue weighted by Gasteiger charge is -2.20. The average molecular weight is 242 g/mol. The molecule has 5 nitrogen and oxygen atoms in total. The fourth-order valence-electron chi connectivity index (χ4n) is 1.97. The molecule has 18 heavy (non-hydrogen) atoms. The first kappa shape index (κ1) is 11.0. The van der Waals surface area contributed by atoms with Crippen LogP contribution in [0.15, 0.2) is 35.1 Å². The van der Waals surface area contributed by atoms with Crippen molar-refractivity contribution < 1.29 is 4.52 Å². The molecule has 0 amide bonds. The van der Waals surface area contributed by atoms with E-state index in [1.807, 2.05) is 22.8 Å². The molecular formula is C13H14N4O. The lowest BCUT2D eigenvalue weighted by molar-refractivity contribution is 0.378.